The van der Waals surface area contributed by atoms with Crippen molar-refractivity contribution >= 4 is 6.03 Å². The molecular formula is C18H32F3N3O2. The quantitative estimate of drug-likeness (QED) is 0.798. The van der Waals surface area contributed by atoms with Gasteiger partial charge in [0.05, 0.1) is 24.2 Å². The van der Waals surface area contributed by atoms with Crippen LogP contribution in [0.1, 0.15) is 47.0 Å². The molecule has 1 N–H and O–H groups in total. The summed E-state index contributed by atoms with van der Waals surface area (Å²) < 4.78 is 45.1. The number of amides is 2. The van der Waals surface area contributed by atoms with E-state index in [1.807, 2.05) is 13.8 Å². The van der Waals surface area contributed by atoms with E-state index < -0.39 is 17.6 Å². The first-order valence-electron chi connectivity index (χ1n) is 9.50. The second-order valence-corrected chi connectivity index (χ2v) is 8.17. The van der Waals surface area contributed by atoms with E-state index in [0.717, 1.165) is 32.5 Å². The summed E-state index contributed by atoms with van der Waals surface area (Å²) in [6.45, 7) is 10.5. The number of halogens is 3. The van der Waals surface area contributed by atoms with E-state index in [4.69, 9.17) is 4.74 Å². The van der Waals surface area contributed by atoms with Gasteiger partial charge in [-0.25, -0.2) is 4.79 Å². The van der Waals surface area contributed by atoms with Gasteiger partial charge in [0, 0.05) is 32.2 Å². The van der Waals surface area contributed by atoms with Crippen LogP contribution in [0.3, 0.4) is 0 Å². The third-order valence-electron chi connectivity index (χ3n) is 5.60. The molecule has 2 aliphatic heterocycles. The summed E-state index contributed by atoms with van der Waals surface area (Å²) in [7, 11) is 0. The van der Waals surface area contributed by atoms with Crippen molar-refractivity contribution in [3.63, 3.8) is 0 Å². The van der Waals surface area contributed by atoms with Crippen LogP contribution in [0.25, 0.3) is 0 Å². The van der Waals surface area contributed by atoms with Gasteiger partial charge in [0.15, 0.2) is 0 Å². The van der Waals surface area contributed by atoms with E-state index in [-0.39, 0.29) is 31.1 Å². The zero-order valence-electron chi connectivity index (χ0n) is 16.2. The number of piperidine rings is 1. The number of nitrogens with one attached hydrogen (secondary N) is 1. The normalized spacial score (nSPS) is 25.1. The van der Waals surface area contributed by atoms with Crippen LogP contribution < -0.4 is 5.32 Å². The van der Waals surface area contributed by atoms with Gasteiger partial charge in [-0.05, 0) is 47.0 Å². The first-order valence-corrected chi connectivity index (χ1v) is 9.50. The summed E-state index contributed by atoms with van der Waals surface area (Å²) >= 11 is 0. The van der Waals surface area contributed by atoms with Crippen LogP contribution >= 0.6 is 0 Å². The molecule has 0 saturated carbocycles. The van der Waals surface area contributed by atoms with Gasteiger partial charge in [-0.2, -0.15) is 13.2 Å². The Bertz CT molecular complexity index is 475. The van der Waals surface area contributed by atoms with Gasteiger partial charge in [0.2, 0.25) is 0 Å². The SMILES string of the molecule is CC(C)OCCN1CCC(NC(=O)N2CC[C@@H](C(F)(F)F)C2(C)C)CC1. The Hall–Kier alpha value is -1.02. The summed E-state index contributed by atoms with van der Waals surface area (Å²) in [6.07, 6.45) is -2.47. The summed E-state index contributed by atoms with van der Waals surface area (Å²) in [5, 5.41) is 2.95. The minimum absolute atomic E-state index is 0.0190. The van der Waals surface area contributed by atoms with Gasteiger partial charge in [-0.3, -0.25) is 0 Å². The Morgan fingerprint density at radius 2 is 1.81 bits per heavy atom. The number of likely N-dealkylation sites (tertiary alicyclic amines) is 2. The number of carbonyl (C=O) groups is 1. The minimum Gasteiger partial charge on any atom is -0.377 e. The molecule has 26 heavy (non-hydrogen) atoms. The Kier molecular flexibility index (Phi) is 6.82. The van der Waals surface area contributed by atoms with Crippen molar-refractivity contribution in [3.8, 4) is 0 Å². The molecule has 0 aromatic heterocycles. The summed E-state index contributed by atoms with van der Waals surface area (Å²) in [5.74, 6) is -1.47. The Morgan fingerprint density at radius 1 is 1.19 bits per heavy atom. The van der Waals surface area contributed by atoms with Crippen molar-refractivity contribution in [1.82, 2.24) is 15.1 Å². The molecule has 2 aliphatic rings. The number of alkyl halides is 3. The molecule has 0 aromatic rings. The first kappa shape index (κ1) is 21.3. The van der Waals surface area contributed by atoms with E-state index in [2.05, 4.69) is 10.2 Å². The molecule has 5 nitrogen and oxygen atoms in total. The third kappa shape index (κ3) is 5.25. The van der Waals surface area contributed by atoms with Gasteiger partial charge in [-0.15, -0.1) is 0 Å². The molecule has 0 spiro atoms. The maximum absolute atomic E-state index is 13.2. The van der Waals surface area contributed by atoms with E-state index in [0.29, 0.717) is 6.61 Å². The molecule has 2 heterocycles. The van der Waals surface area contributed by atoms with Crippen LogP contribution in [-0.4, -0.2) is 72.5 Å². The summed E-state index contributed by atoms with van der Waals surface area (Å²) in [5.41, 5.74) is -1.21. The molecule has 2 amide bonds. The zero-order valence-corrected chi connectivity index (χ0v) is 16.2. The molecule has 2 saturated heterocycles. The molecule has 0 aliphatic carbocycles. The fourth-order valence-corrected chi connectivity index (χ4v) is 3.99. The second kappa shape index (κ2) is 8.33. The van der Waals surface area contributed by atoms with E-state index in [1.54, 1.807) is 0 Å². The molecule has 0 unspecified atom stereocenters. The van der Waals surface area contributed by atoms with Crippen molar-refractivity contribution in [2.75, 3.05) is 32.8 Å². The molecule has 0 aromatic carbocycles. The average Bonchev–Trinajstić information content (AvgIpc) is 2.83. The van der Waals surface area contributed by atoms with Crippen molar-refractivity contribution < 1.29 is 22.7 Å². The highest BCUT2D eigenvalue weighted by Gasteiger charge is 2.56. The molecular weight excluding hydrogens is 347 g/mol. The van der Waals surface area contributed by atoms with Crippen molar-refractivity contribution in [2.24, 2.45) is 5.92 Å². The fourth-order valence-electron chi connectivity index (χ4n) is 3.99. The van der Waals surface area contributed by atoms with E-state index in [1.165, 1.54) is 18.7 Å². The van der Waals surface area contributed by atoms with Gasteiger partial charge in [-0.1, -0.05) is 0 Å². The molecule has 2 fully saturated rings. The standard InChI is InChI=1S/C18H32F3N3O2/c1-13(2)26-12-11-23-8-5-14(6-9-23)22-16(25)24-10-7-15(17(24,3)4)18(19,20)21/h13-15H,5-12H2,1-4H3,(H,22,25)/t15-/m1/s1. The number of urea groups is 1. The number of ether oxygens (including phenoxy) is 1. The number of carbonyl (C=O) groups excluding carboxylic acids is 1. The van der Waals surface area contributed by atoms with E-state index in [9.17, 15) is 18.0 Å². The minimum atomic E-state index is -4.28. The molecule has 152 valence electrons. The summed E-state index contributed by atoms with van der Waals surface area (Å²) in [4.78, 5) is 16.2. The highest BCUT2D eigenvalue weighted by atomic mass is 19.4. The monoisotopic (exact) mass is 379 g/mol. The molecule has 8 heteroatoms. The molecule has 0 radical (unpaired) electrons. The Labute approximate surface area is 154 Å². The Morgan fingerprint density at radius 3 is 2.31 bits per heavy atom. The number of hydrogen-bond donors (Lipinski definition) is 1. The molecule has 0 bridgehead atoms. The Balaban J connectivity index is 1.79. The van der Waals surface area contributed by atoms with Gasteiger partial charge in [0.1, 0.15) is 0 Å². The lowest BCUT2D eigenvalue weighted by atomic mass is 9.88. The highest BCUT2D eigenvalue weighted by Crippen LogP contribution is 2.44. The average molecular weight is 379 g/mol. The molecule has 1 atom stereocenters. The lowest BCUT2D eigenvalue weighted by Crippen LogP contribution is -2.55. The van der Waals surface area contributed by atoms with Gasteiger partial charge < -0.3 is 19.9 Å². The smallest absolute Gasteiger partial charge is 0.377 e. The maximum atomic E-state index is 13.2. The van der Waals surface area contributed by atoms with E-state index >= 15 is 0 Å². The first-order chi connectivity index (χ1) is 12.0. The number of nitrogens with zero attached hydrogens (tertiary/aromatic N) is 2. The van der Waals surface area contributed by atoms with Gasteiger partial charge >= 0.3 is 12.2 Å². The van der Waals surface area contributed by atoms with Crippen LogP contribution in [0.5, 0.6) is 0 Å². The number of rotatable bonds is 5. The predicted octanol–water partition coefficient (Wildman–Crippen LogP) is 3.25. The third-order valence-corrected chi connectivity index (χ3v) is 5.60. The van der Waals surface area contributed by atoms with Crippen LogP contribution in [0, 0.1) is 5.92 Å². The van der Waals surface area contributed by atoms with Crippen LogP contribution in [0.4, 0.5) is 18.0 Å². The highest BCUT2D eigenvalue weighted by molar-refractivity contribution is 5.76. The van der Waals surface area contributed by atoms with Gasteiger partial charge in [0.25, 0.3) is 0 Å². The predicted molar refractivity (Wildman–Crippen MR) is 94.0 cm³/mol. The topological polar surface area (TPSA) is 44.8 Å². The molecule has 2 rings (SSSR count). The maximum Gasteiger partial charge on any atom is 0.394 e. The largest absolute Gasteiger partial charge is 0.394 e. The summed E-state index contributed by atoms with van der Waals surface area (Å²) in [6, 6.07) is -0.353. The lowest BCUT2D eigenvalue weighted by molar-refractivity contribution is -0.189. The van der Waals surface area contributed by atoms with Crippen LogP contribution in [0.15, 0.2) is 0 Å². The number of hydrogen-bond acceptors (Lipinski definition) is 3. The lowest BCUT2D eigenvalue weighted by Gasteiger charge is -2.38. The van der Waals surface area contributed by atoms with Crippen molar-refractivity contribution in [2.45, 2.75) is 70.8 Å². The van der Waals surface area contributed by atoms with Crippen molar-refractivity contribution in [3.05, 3.63) is 0 Å². The zero-order chi connectivity index (χ0) is 19.5. The second-order valence-electron chi connectivity index (χ2n) is 8.17. The van der Waals surface area contributed by atoms with Crippen LogP contribution in [0.2, 0.25) is 0 Å². The van der Waals surface area contributed by atoms with Crippen molar-refractivity contribution in [1.29, 1.82) is 0 Å². The fraction of sp³-hybridized carbons (Fsp3) is 0.944. The van der Waals surface area contributed by atoms with Crippen LogP contribution in [-0.2, 0) is 4.74 Å².